The minimum Gasteiger partial charge on any atom is -0.465 e. The van der Waals surface area contributed by atoms with Crippen LogP contribution in [0, 0.1) is 0 Å². The third-order valence-electron chi connectivity index (χ3n) is 4.16. The molecule has 2 aromatic heterocycles. The van der Waals surface area contributed by atoms with E-state index in [1.165, 1.54) is 5.56 Å². The summed E-state index contributed by atoms with van der Waals surface area (Å²) < 4.78 is 5.85. The van der Waals surface area contributed by atoms with Gasteiger partial charge < -0.3 is 9.73 Å². The maximum absolute atomic E-state index is 11.4. The number of hydrogen-bond donors (Lipinski definition) is 1. The van der Waals surface area contributed by atoms with E-state index in [-0.39, 0.29) is 11.9 Å². The van der Waals surface area contributed by atoms with Crippen LogP contribution in [-0.4, -0.2) is 28.4 Å². The van der Waals surface area contributed by atoms with Crippen molar-refractivity contribution in [2.24, 2.45) is 0 Å². The lowest BCUT2D eigenvalue weighted by atomic mass is 10.2. The van der Waals surface area contributed by atoms with Gasteiger partial charge in [-0.25, -0.2) is 0 Å². The molecule has 0 unspecified atom stereocenters. The number of furan rings is 1. The highest BCUT2D eigenvalue weighted by Gasteiger charge is 2.23. The summed E-state index contributed by atoms with van der Waals surface area (Å²) in [5.74, 6) is 2.14. The molecule has 0 aromatic carbocycles. The molecule has 1 atom stereocenters. The molecule has 0 spiro atoms. The summed E-state index contributed by atoms with van der Waals surface area (Å²) >= 11 is 0. The molecule has 0 saturated carbocycles. The van der Waals surface area contributed by atoms with E-state index in [1.54, 1.807) is 0 Å². The SMILES string of the molecule is CCc1ccc(CN(Cc2ccncc2)C[C@@H]2CCC(=O)N2)o1. The third-order valence-corrected chi connectivity index (χ3v) is 4.16. The Morgan fingerprint density at radius 1 is 1.22 bits per heavy atom. The number of carbonyl (C=O) groups is 1. The number of pyridine rings is 1. The van der Waals surface area contributed by atoms with Crippen molar-refractivity contribution in [1.29, 1.82) is 0 Å². The second-order valence-electron chi connectivity index (χ2n) is 6.05. The average molecular weight is 313 g/mol. The molecule has 5 nitrogen and oxygen atoms in total. The zero-order valence-electron chi connectivity index (χ0n) is 13.5. The van der Waals surface area contributed by atoms with Crippen LogP contribution in [0.5, 0.6) is 0 Å². The number of nitrogens with one attached hydrogen (secondary N) is 1. The highest BCUT2D eigenvalue weighted by Crippen LogP contribution is 2.16. The summed E-state index contributed by atoms with van der Waals surface area (Å²) in [5, 5.41) is 3.05. The lowest BCUT2D eigenvalue weighted by molar-refractivity contribution is -0.119. The summed E-state index contributed by atoms with van der Waals surface area (Å²) in [6, 6.07) is 8.37. The molecule has 1 aliphatic heterocycles. The van der Waals surface area contributed by atoms with E-state index in [0.717, 1.165) is 44.0 Å². The number of amides is 1. The number of nitrogens with zero attached hydrogens (tertiary/aromatic N) is 2. The Morgan fingerprint density at radius 2 is 2.00 bits per heavy atom. The lowest BCUT2D eigenvalue weighted by Gasteiger charge is -2.24. The van der Waals surface area contributed by atoms with E-state index in [4.69, 9.17) is 4.42 Å². The number of hydrogen-bond acceptors (Lipinski definition) is 4. The summed E-state index contributed by atoms with van der Waals surface area (Å²) in [7, 11) is 0. The average Bonchev–Trinajstić information content (AvgIpc) is 3.17. The van der Waals surface area contributed by atoms with Gasteiger partial charge in [0.25, 0.3) is 0 Å². The second kappa shape index (κ2) is 7.42. The molecular formula is C18H23N3O2. The fourth-order valence-corrected chi connectivity index (χ4v) is 2.98. The minimum absolute atomic E-state index is 0.158. The molecule has 122 valence electrons. The van der Waals surface area contributed by atoms with Gasteiger partial charge in [0.2, 0.25) is 5.91 Å². The van der Waals surface area contributed by atoms with Crippen molar-refractivity contribution in [1.82, 2.24) is 15.2 Å². The van der Waals surface area contributed by atoms with Crippen LogP contribution in [0.15, 0.2) is 41.1 Å². The molecule has 1 aliphatic rings. The normalized spacial score (nSPS) is 17.7. The van der Waals surface area contributed by atoms with Crippen LogP contribution in [0.3, 0.4) is 0 Å². The molecule has 23 heavy (non-hydrogen) atoms. The first kappa shape index (κ1) is 15.7. The molecule has 1 fully saturated rings. The Hall–Kier alpha value is -2.14. The molecule has 0 radical (unpaired) electrons. The van der Waals surface area contributed by atoms with Gasteiger partial charge >= 0.3 is 0 Å². The van der Waals surface area contributed by atoms with Gasteiger partial charge in [-0.15, -0.1) is 0 Å². The van der Waals surface area contributed by atoms with Crippen molar-refractivity contribution in [2.75, 3.05) is 6.54 Å². The Balaban J connectivity index is 1.68. The van der Waals surface area contributed by atoms with Crippen LogP contribution >= 0.6 is 0 Å². The molecule has 0 aliphatic carbocycles. The van der Waals surface area contributed by atoms with Gasteiger partial charge in [0.1, 0.15) is 11.5 Å². The fourth-order valence-electron chi connectivity index (χ4n) is 2.98. The predicted molar refractivity (Wildman–Crippen MR) is 87.6 cm³/mol. The van der Waals surface area contributed by atoms with Crippen molar-refractivity contribution in [3.8, 4) is 0 Å². The third kappa shape index (κ3) is 4.42. The molecule has 0 bridgehead atoms. The van der Waals surface area contributed by atoms with Gasteiger partial charge in [0, 0.05) is 44.4 Å². The maximum atomic E-state index is 11.4. The van der Waals surface area contributed by atoms with Crippen LogP contribution in [0.4, 0.5) is 0 Å². The smallest absolute Gasteiger partial charge is 0.220 e. The number of aromatic nitrogens is 1. The molecule has 1 N–H and O–H groups in total. The van der Waals surface area contributed by atoms with Crippen LogP contribution in [-0.2, 0) is 24.3 Å². The zero-order chi connectivity index (χ0) is 16.1. The minimum atomic E-state index is 0.158. The van der Waals surface area contributed by atoms with Crippen LogP contribution in [0.2, 0.25) is 0 Å². The van der Waals surface area contributed by atoms with Gasteiger partial charge in [0.15, 0.2) is 0 Å². The number of aryl methyl sites for hydroxylation is 1. The monoisotopic (exact) mass is 313 g/mol. The largest absolute Gasteiger partial charge is 0.465 e. The van der Waals surface area contributed by atoms with Crippen molar-refractivity contribution >= 4 is 5.91 Å². The fraction of sp³-hybridized carbons (Fsp3) is 0.444. The Kier molecular flexibility index (Phi) is 5.08. The van der Waals surface area contributed by atoms with E-state index in [1.807, 2.05) is 36.7 Å². The highest BCUT2D eigenvalue weighted by atomic mass is 16.3. The first-order valence-corrected chi connectivity index (χ1v) is 8.21. The molecule has 3 heterocycles. The van der Waals surface area contributed by atoms with Crippen molar-refractivity contribution in [3.63, 3.8) is 0 Å². The number of rotatable bonds is 7. The van der Waals surface area contributed by atoms with Gasteiger partial charge in [0.05, 0.1) is 6.54 Å². The van der Waals surface area contributed by atoms with Crippen LogP contribution in [0.1, 0.15) is 36.8 Å². The second-order valence-corrected chi connectivity index (χ2v) is 6.05. The molecule has 3 rings (SSSR count). The van der Waals surface area contributed by atoms with Gasteiger partial charge in [-0.3, -0.25) is 14.7 Å². The summed E-state index contributed by atoms with van der Waals surface area (Å²) in [6.45, 7) is 4.48. The zero-order valence-corrected chi connectivity index (χ0v) is 13.5. The molecule has 5 heteroatoms. The van der Waals surface area contributed by atoms with E-state index < -0.39 is 0 Å². The van der Waals surface area contributed by atoms with Crippen molar-refractivity contribution in [3.05, 3.63) is 53.7 Å². The van der Waals surface area contributed by atoms with Crippen molar-refractivity contribution < 1.29 is 9.21 Å². The van der Waals surface area contributed by atoms with Crippen molar-refractivity contribution in [2.45, 2.75) is 45.3 Å². The van der Waals surface area contributed by atoms with E-state index >= 15 is 0 Å². The molecular weight excluding hydrogens is 290 g/mol. The van der Waals surface area contributed by atoms with E-state index in [0.29, 0.717) is 6.42 Å². The first-order chi connectivity index (χ1) is 11.2. The molecule has 2 aromatic rings. The topological polar surface area (TPSA) is 58.4 Å². The van der Waals surface area contributed by atoms with E-state index in [9.17, 15) is 4.79 Å². The summed E-state index contributed by atoms with van der Waals surface area (Å²) in [4.78, 5) is 17.8. The lowest BCUT2D eigenvalue weighted by Crippen LogP contribution is -2.38. The highest BCUT2D eigenvalue weighted by molar-refractivity contribution is 5.78. The van der Waals surface area contributed by atoms with Crippen LogP contribution < -0.4 is 5.32 Å². The Morgan fingerprint density at radius 3 is 2.65 bits per heavy atom. The Labute approximate surface area is 136 Å². The quantitative estimate of drug-likeness (QED) is 0.853. The molecule has 1 saturated heterocycles. The summed E-state index contributed by atoms with van der Waals surface area (Å²) in [6.07, 6.45) is 6.07. The van der Waals surface area contributed by atoms with Crippen LogP contribution in [0.25, 0.3) is 0 Å². The molecule has 1 amide bonds. The van der Waals surface area contributed by atoms with E-state index in [2.05, 4.69) is 22.1 Å². The van der Waals surface area contributed by atoms with Gasteiger partial charge in [-0.2, -0.15) is 0 Å². The number of carbonyl (C=O) groups excluding carboxylic acids is 1. The first-order valence-electron chi connectivity index (χ1n) is 8.21. The maximum Gasteiger partial charge on any atom is 0.220 e. The van der Waals surface area contributed by atoms with Gasteiger partial charge in [-0.1, -0.05) is 6.92 Å². The standard InChI is InChI=1S/C18H23N3O2/c1-2-16-4-5-17(23-16)13-21(11-14-7-9-19-10-8-14)12-15-3-6-18(22)20-15/h4-5,7-10,15H,2-3,6,11-13H2,1H3,(H,20,22)/t15-/m0/s1. The summed E-state index contributed by atoms with van der Waals surface area (Å²) in [5.41, 5.74) is 1.21. The predicted octanol–water partition coefficient (Wildman–Crippen LogP) is 2.52. The van der Waals surface area contributed by atoms with Gasteiger partial charge in [-0.05, 0) is 36.2 Å². The Bertz CT molecular complexity index is 639.